The fourth-order valence-electron chi connectivity index (χ4n) is 3.95. The Morgan fingerprint density at radius 3 is 2.61 bits per heavy atom. The van der Waals surface area contributed by atoms with Crippen LogP contribution in [0.3, 0.4) is 0 Å². The van der Waals surface area contributed by atoms with E-state index >= 15 is 0 Å². The number of amides is 1. The number of rotatable bonds is 7. The van der Waals surface area contributed by atoms with Crippen LogP contribution in [-0.4, -0.2) is 20.6 Å². The lowest BCUT2D eigenvalue weighted by Gasteiger charge is -2.18. The summed E-state index contributed by atoms with van der Waals surface area (Å²) in [6.45, 7) is 4.80. The molecule has 1 unspecified atom stereocenters. The second-order valence-corrected chi connectivity index (χ2v) is 8.63. The van der Waals surface area contributed by atoms with E-state index in [4.69, 9.17) is 4.52 Å². The van der Waals surface area contributed by atoms with Crippen LogP contribution >= 0.6 is 0 Å². The Morgan fingerprint density at radius 1 is 1.13 bits per heavy atom. The highest BCUT2D eigenvalue weighted by atomic mass is 16.5. The van der Waals surface area contributed by atoms with E-state index in [-0.39, 0.29) is 17.9 Å². The Balaban J connectivity index is 1.44. The van der Waals surface area contributed by atoms with Crippen molar-refractivity contribution in [3.05, 3.63) is 83.6 Å². The summed E-state index contributed by atoms with van der Waals surface area (Å²) in [5.74, 6) is 1.65. The molecule has 1 N–H and O–H groups in total. The summed E-state index contributed by atoms with van der Waals surface area (Å²) in [4.78, 5) is 17.9. The molecule has 1 fully saturated rings. The van der Waals surface area contributed by atoms with Crippen molar-refractivity contribution in [2.45, 2.75) is 45.2 Å². The summed E-state index contributed by atoms with van der Waals surface area (Å²) < 4.78 is 7.64. The topological polar surface area (TPSA) is 73.0 Å². The van der Waals surface area contributed by atoms with E-state index in [9.17, 15) is 4.79 Å². The third-order valence-electron chi connectivity index (χ3n) is 5.85. The Labute approximate surface area is 181 Å². The van der Waals surface area contributed by atoms with Crippen LogP contribution in [0.15, 0.2) is 65.3 Å². The molecule has 6 nitrogen and oxygen atoms in total. The van der Waals surface area contributed by atoms with Crippen LogP contribution in [0.1, 0.15) is 66.3 Å². The van der Waals surface area contributed by atoms with Crippen molar-refractivity contribution in [2.24, 2.45) is 5.92 Å². The highest BCUT2D eigenvalue weighted by Gasteiger charge is 2.32. The molecule has 0 spiro atoms. The number of carbonyl (C=O) groups is 1. The van der Waals surface area contributed by atoms with Crippen LogP contribution in [0, 0.1) is 5.92 Å². The number of aromatic nitrogens is 3. The number of hydrogen-bond donors (Lipinski definition) is 1. The van der Waals surface area contributed by atoms with Crippen LogP contribution in [-0.2, 0) is 6.54 Å². The van der Waals surface area contributed by atoms with E-state index in [2.05, 4.69) is 38.2 Å². The summed E-state index contributed by atoms with van der Waals surface area (Å²) in [5.41, 5.74) is 2.87. The summed E-state index contributed by atoms with van der Waals surface area (Å²) in [5, 5.41) is 8.20. The fourth-order valence-corrected chi connectivity index (χ4v) is 3.95. The first kappa shape index (κ1) is 19.5. The molecule has 1 aliphatic rings. The molecule has 0 aliphatic heterocycles. The SMILES string of the molecule is CC(C)C(NC(=O)c1cn(Cc2ccccc2)c2ccccc12)c1nc(C2CC2)no1. The average molecular weight is 415 g/mol. The maximum Gasteiger partial charge on any atom is 0.254 e. The van der Waals surface area contributed by atoms with Gasteiger partial charge in [-0.15, -0.1) is 0 Å². The van der Waals surface area contributed by atoms with Crippen LogP contribution < -0.4 is 5.32 Å². The highest BCUT2D eigenvalue weighted by Crippen LogP contribution is 2.38. The van der Waals surface area contributed by atoms with E-state index in [0.29, 0.717) is 23.9 Å². The van der Waals surface area contributed by atoms with Gasteiger partial charge in [0.05, 0.1) is 5.56 Å². The van der Waals surface area contributed by atoms with Gasteiger partial charge in [-0.25, -0.2) is 0 Å². The van der Waals surface area contributed by atoms with Crippen molar-refractivity contribution < 1.29 is 9.32 Å². The van der Waals surface area contributed by atoms with Gasteiger partial charge in [-0.3, -0.25) is 4.79 Å². The van der Waals surface area contributed by atoms with Crippen LogP contribution in [0.5, 0.6) is 0 Å². The minimum Gasteiger partial charge on any atom is -0.342 e. The van der Waals surface area contributed by atoms with E-state index in [1.807, 2.05) is 56.4 Å². The van der Waals surface area contributed by atoms with Crippen LogP contribution in [0.4, 0.5) is 0 Å². The first-order valence-electron chi connectivity index (χ1n) is 10.9. The van der Waals surface area contributed by atoms with Gasteiger partial charge in [0.15, 0.2) is 5.82 Å². The van der Waals surface area contributed by atoms with Crippen LogP contribution in [0.2, 0.25) is 0 Å². The molecule has 158 valence electrons. The molecule has 1 atom stereocenters. The second-order valence-electron chi connectivity index (χ2n) is 8.63. The molecule has 2 aromatic heterocycles. The zero-order valence-corrected chi connectivity index (χ0v) is 17.8. The maximum absolute atomic E-state index is 13.4. The number of fused-ring (bicyclic) bond motifs is 1. The molecular weight excluding hydrogens is 388 g/mol. The van der Waals surface area contributed by atoms with Gasteiger partial charge in [-0.1, -0.05) is 67.5 Å². The number of hydrogen-bond acceptors (Lipinski definition) is 4. The van der Waals surface area contributed by atoms with Gasteiger partial charge in [0.25, 0.3) is 5.91 Å². The van der Waals surface area contributed by atoms with Gasteiger partial charge < -0.3 is 14.4 Å². The maximum atomic E-state index is 13.4. The molecular formula is C25H26N4O2. The Kier molecular flexibility index (Phi) is 5.06. The zero-order valence-electron chi connectivity index (χ0n) is 17.8. The molecule has 2 aromatic carbocycles. The summed E-state index contributed by atoms with van der Waals surface area (Å²) in [7, 11) is 0. The van der Waals surface area contributed by atoms with Gasteiger partial charge in [-0.05, 0) is 30.4 Å². The number of nitrogens with zero attached hydrogens (tertiary/aromatic N) is 3. The van der Waals surface area contributed by atoms with Crippen molar-refractivity contribution in [1.82, 2.24) is 20.0 Å². The zero-order chi connectivity index (χ0) is 21.4. The predicted octanol–water partition coefficient (Wildman–Crippen LogP) is 5.08. The summed E-state index contributed by atoms with van der Waals surface area (Å²) >= 11 is 0. The number of nitrogens with one attached hydrogen (secondary N) is 1. The lowest BCUT2D eigenvalue weighted by Crippen LogP contribution is -2.32. The second kappa shape index (κ2) is 8.02. The van der Waals surface area contributed by atoms with Crippen molar-refractivity contribution in [1.29, 1.82) is 0 Å². The van der Waals surface area contributed by atoms with E-state index in [0.717, 1.165) is 29.6 Å². The number of carbonyl (C=O) groups excluding carboxylic acids is 1. The summed E-state index contributed by atoms with van der Waals surface area (Å²) in [6.07, 6.45) is 4.16. The third kappa shape index (κ3) is 3.98. The Bertz CT molecular complexity index is 1200. The molecule has 2 heterocycles. The molecule has 0 radical (unpaired) electrons. The predicted molar refractivity (Wildman–Crippen MR) is 119 cm³/mol. The van der Waals surface area contributed by atoms with Gasteiger partial charge in [-0.2, -0.15) is 4.98 Å². The van der Waals surface area contributed by atoms with Crippen molar-refractivity contribution in [3.8, 4) is 0 Å². The fraction of sp³-hybridized carbons (Fsp3) is 0.320. The third-order valence-corrected chi connectivity index (χ3v) is 5.85. The number of para-hydroxylation sites is 1. The lowest BCUT2D eigenvalue weighted by atomic mass is 10.0. The molecule has 5 rings (SSSR count). The first-order chi connectivity index (χ1) is 15.1. The van der Waals surface area contributed by atoms with E-state index in [1.54, 1.807) is 0 Å². The van der Waals surface area contributed by atoms with Crippen molar-refractivity contribution >= 4 is 16.8 Å². The van der Waals surface area contributed by atoms with Gasteiger partial charge >= 0.3 is 0 Å². The molecule has 31 heavy (non-hydrogen) atoms. The first-order valence-corrected chi connectivity index (χ1v) is 10.9. The van der Waals surface area contributed by atoms with Gasteiger partial charge in [0.2, 0.25) is 5.89 Å². The molecule has 1 aliphatic carbocycles. The minimum absolute atomic E-state index is 0.120. The van der Waals surface area contributed by atoms with E-state index < -0.39 is 0 Å². The quantitative estimate of drug-likeness (QED) is 0.458. The van der Waals surface area contributed by atoms with Gasteiger partial charge in [0, 0.05) is 29.6 Å². The van der Waals surface area contributed by atoms with Crippen molar-refractivity contribution in [3.63, 3.8) is 0 Å². The molecule has 6 heteroatoms. The van der Waals surface area contributed by atoms with Gasteiger partial charge in [0.1, 0.15) is 6.04 Å². The molecule has 4 aromatic rings. The van der Waals surface area contributed by atoms with Crippen molar-refractivity contribution in [2.75, 3.05) is 0 Å². The molecule has 1 saturated carbocycles. The lowest BCUT2D eigenvalue weighted by molar-refractivity contribution is 0.0915. The monoisotopic (exact) mass is 414 g/mol. The molecule has 0 saturated heterocycles. The molecule has 1 amide bonds. The average Bonchev–Trinajstić information content (AvgIpc) is 3.41. The Hall–Kier alpha value is -3.41. The highest BCUT2D eigenvalue weighted by molar-refractivity contribution is 6.07. The standard InChI is InChI=1S/C25H26N4O2/c1-16(2)22(25-27-23(28-31-25)18-12-13-18)26-24(30)20-15-29(14-17-8-4-3-5-9-17)21-11-7-6-10-19(20)21/h3-11,15-16,18,22H,12-14H2,1-2H3,(H,26,30). The number of benzene rings is 2. The normalized spacial score (nSPS) is 14.8. The minimum atomic E-state index is -0.330. The Morgan fingerprint density at radius 2 is 1.87 bits per heavy atom. The van der Waals surface area contributed by atoms with Crippen LogP contribution in [0.25, 0.3) is 10.9 Å². The summed E-state index contributed by atoms with van der Waals surface area (Å²) in [6, 6.07) is 17.9. The largest absolute Gasteiger partial charge is 0.342 e. The molecule has 0 bridgehead atoms. The smallest absolute Gasteiger partial charge is 0.254 e. The van der Waals surface area contributed by atoms with E-state index in [1.165, 1.54) is 5.56 Å².